The van der Waals surface area contributed by atoms with Crippen LogP contribution in [0, 0.1) is 0 Å². The van der Waals surface area contributed by atoms with Crippen molar-refractivity contribution in [2.24, 2.45) is 0 Å². The number of benzene rings is 2. The summed E-state index contributed by atoms with van der Waals surface area (Å²) >= 11 is 0. The van der Waals surface area contributed by atoms with Crippen LogP contribution in [0.25, 0.3) is 11.0 Å². The van der Waals surface area contributed by atoms with E-state index in [0.717, 1.165) is 22.9 Å². The molecule has 1 amide bonds. The smallest absolute Gasteiger partial charge is 0.495 e. The number of hydrogen-bond acceptors (Lipinski definition) is 6. The number of carbonyl (C=O) groups is 1. The van der Waals surface area contributed by atoms with Gasteiger partial charge in [0, 0.05) is 0 Å². The number of nitrogens with zero attached hydrogens (tertiary/aromatic N) is 2. The summed E-state index contributed by atoms with van der Waals surface area (Å²) in [6, 6.07) is 8.91. The van der Waals surface area contributed by atoms with Crippen molar-refractivity contribution in [3.8, 4) is 5.75 Å². The highest BCUT2D eigenvalue weighted by Gasteiger charge is 2.47. The highest BCUT2D eigenvalue weighted by Crippen LogP contribution is 2.34. The Kier molecular flexibility index (Phi) is 5.53. The van der Waals surface area contributed by atoms with Gasteiger partial charge < -0.3 is 10.1 Å². The van der Waals surface area contributed by atoms with Crippen LogP contribution in [0.5, 0.6) is 5.75 Å². The molecule has 0 bridgehead atoms. The third kappa shape index (κ3) is 3.99. The van der Waals surface area contributed by atoms with Gasteiger partial charge in [0.15, 0.2) is 0 Å². The molecule has 3 aromatic rings. The molecule has 0 aliphatic carbocycles. The largest absolute Gasteiger partial charge is 0.501 e. The normalized spacial score (nSPS) is 12.0. The monoisotopic (exact) mass is 441 g/mol. The zero-order valence-electron chi connectivity index (χ0n) is 15.3. The van der Waals surface area contributed by atoms with E-state index >= 15 is 0 Å². The first-order valence-electron chi connectivity index (χ1n) is 8.28. The van der Waals surface area contributed by atoms with Crippen molar-refractivity contribution in [1.82, 2.24) is 9.55 Å². The lowest BCUT2D eigenvalue weighted by Crippen LogP contribution is -2.28. The maximum absolute atomic E-state index is 12.8. The molecule has 0 spiro atoms. The zero-order valence-corrected chi connectivity index (χ0v) is 16.1. The Balaban J connectivity index is 1.95. The van der Waals surface area contributed by atoms with E-state index in [9.17, 15) is 31.2 Å². The summed E-state index contributed by atoms with van der Waals surface area (Å²) in [5, 5.41) is 2.29. The van der Waals surface area contributed by atoms with E-state index in [-0.39, 0.29) is 11.4 Å². The summed E-state index contributed by atoms with van der Waals surface area (Å²) in [7, 11) is -4.43. The highest BCUT2D eigenvalue weighted by molar-refractivity contribution is 7.92. The van der Waals surface area contributed by atoms with Gasteiger partial charge in [0.2, 0.25) is 5.91 Å². The first-order chi connectivity index (χ1) is 14.0. The molecule has 1 aromatic heterocycles. The van der Waals surface area contributed by atoms with Crippen LogP contribution in [0.1, 0.15) is 0 Å². The molecule has 0 radical (unpaired) electrons. The van der Waals surface area contributed by atoms with Crippen molar-refractivity contribution in [2.45, 2.75) is 16.9 Å². The Morgan fingerprint density at radius 2 is 1.90 bits per heavy atom. The molecule has 12 heteroatoms. The highest BCUT2D eigenvalue weighted by atomic mass is 32.2. The Morgan fingerprint density at radius 3 is 2.57 bits per heavy atom. The van der Waals surface area contributed by atoms with Gasteiger partial charge in [-0.05, 0) is 30.3 Å². The Labute approximate surface area is 167 Å². The van der Waals surface area contributed by atoms with Crippen molar-refractivity contribution in [3.05, 3.63) is 59.0 Å². The minimum atomic E-state index is -5.62. The number of alkyl halides is 3. The average Bonchev–Trinajstić information content (AvgIpc) is 2.69. The summed E-state index contributed by atoms with van der Waals surface area (Å²) in [6.45, 7) is -0.485. The zero-order chi connectivity index (χ0) is 22.1. The van der Waals surface area contributed by atoms with Crippen molar-refractivity contribution >= 4 is 32.5 Å². The van der Waals surface area contributed by atoms with E-state index in [0.29, 0.717) is 17.1 Å². The number of para-hydroxylation sites is 2. The minimum Gasteiger partial charge on any atom is -0.495 e. The molecule has 0 aliphatic heterocycles. The van der Waals surface area contributed by atoms with Crippen LogP contribution in [-0.4, -0.2) is 36.5 Å². The molecule has 3 rings (SSSR count). The number of amides is 1. The quantitative estimate of drug-likeness (QED) is 0.651. The van der Waals surface area contributed by atoms with Crippen molar-refractivity contribution in [3.63, 3.8) is 0 Å². The van der Waals surface area contributed by atoms with Crippen LogP contribution < -0.4 is 15.6 Å². The van der Waals surface area contributed by atoms with Gasteiger partial charge in [0.25, 0.3) is 15.4 Å². The Morgan fingerprint density at radius 1 is 1.20 bits per heavy atom. The maximum atomic E-state index is 12.8. The number of fused-ring (bicyclic) bond motifs is 1. The summed E-state index contributed by atoms with van der Waals surface area (Å²) in [4.78, 5) is 27.5. The second-order valence-corrected chi connectivity index (χ2v) is 7.97. The number of aromatic nitrogens is 2. The third-order valence-electron chi connectivity index (χ3n) is 4.11. The Bertz CT molecular complexity index is 1290. The second-order valence-electron chi connectivity index (χ2n) is 6.03. The average molecular weight is 441 g/mol. The van der Waals surface area contributed by atoms with E-state index in [4.69, 9.17) is 4.74 Å². The molecule has 158 valence electrons. The topological polar surface area (TPSA) is 107 Å². The number of carbonyl (C=O) groups excluding carboxylic acids is 1. The van der Waals surface area contributed by atoms with Gasteiger partial charge in [-0.3, -0.25) is 14.2 Å². The molecule has 0 aliphatic rings. The summed E-state index contributed by atoms with van der Waals surface area (Å²) in [5.41, 5.74) is -5.53. The second kappa shape index (κ2) is 7.78. The fourth-order valence-corrected chi connectivity index (χ4v) is 3.48. The number of rotatable bonds is 5. The number of ether oxygens (including phenoxy) is 1. The molecule has 30 heavy (non-hydrogen) atoms. The molecule has 8 nitrogen and oxygen atoms in total. The van der Waals surface area contributed by atoms with Gasteiger partial charge in [-0.15, -0.1) is 0 Å². The lowest BCUT2D eigenvalue weighted by molar-refractivity contribution is -0.116. The summed E-state index contributed by atoms with van der Waals surface area (Å²) in [6.07, 6.45) is 1.03. The van der Waals surface area contributed by atoms with E-state index in [2.05, 4.69) is 10.3 Å². The van der Waals surface area contributed by atoms with Gasteiger partial charge in [-0.2, -0.15) is 13.2 Å². The molecule has 2 aromatic carbocycles. The van der Waals surface area contributed by atoms with Crippen LogP contribution in [0.4, 0.5) is 18.9 Å². The fourth-order valence-electron chi connectivity index (χ4n) is 2.70. The number of nitrogens with one attached hydrogen (secondary N) is 1. The molecule has 0 fully saturated rings. The number of methoxy groups -OCH3 is 1. The third-order valence-corrected chi connectivity index (χ3v) is 5.60. The van der Waals surface area contributed by atoms with Crippen molar-refractivity contribution in [2.75, 3.05) is 12.4 Å². The molecule has 0 saturated heterocycles. The molecule has 0 saturated carbocycles. The number of sulfone groups is 1. The lowest BCUT2D eigenvalue weighted by atomic mass is 10.2. The number of anilines is 1. The first-order valence-corrected chi connectivity index (χ1v) is 9.77. The molecule has 0 atom stereocenters. The van der Waals surface area contributed by atoms with Crippen molar-refractivity contribution < 1.29 is 31.1 Å². The minimum absolute atomic E-state index is 0.0589. The van der Waals surface area contributed by atoms with Crippen LogP contribution in [0.15, 0.2) is 58.4 Å². The summed E-state index contributed by atoms with van der Waals surface area (Å²) in [5.74, 6) is -0.843. The fraction of sp³-hybridized carbons (Fsp3) is 0.167. The number of hydrogen-bond donors (Lipinski definition) is 1. The predicted molar refractivity (Wildman–Crippen MR) is 101 cm³/mol. The van der Waals surface area contributed by atoms with Crippen LogP contribution >= 0.6 is 0 Å². The van der Waals surface area contributed by atoms with Gasteiger partial charge in [0.1, 0.15) is 12.3 Å². The summed E-state index contributed by atoms with van der Waals surface area (Å²) < 4.78 is 67.9. The van der Waals surface area contributed by atoms with Crippen molar-refractivity contribution in [1.29, 1.82) is 0 Å². The molecule has 1 N–H and O–H groups in total. The molecular formula is C18H14F3N3O5S. The Hall–Kier alpha value is -3.41. The lowest BCUT2D eigenvalue weighted by Gasteiger charge is -2.14. The predicted octanol–water partition coefficient (Wildman–Crippen LogP) is 2.34. The van der Waals surface area contributed by atoms with Gasteiger partial charge in [-0.25, -0.2) is 13.4 Å². The SMILES string of the molecule is COc1ccc(S(=O)(=O)C(F)(F)F)cc1NC(=O)Cn1c(=O)cnc2ccccc21. The molecule has 1 heterocycles. The van der Waals surface area contributed by atoms with E-state index in [1.54, 1.807) is 24.3 Å². The van der Waals surface area contributed by atoms with E-state index in [1.807, 2.05) is 0 Å². The standard InChI is InChI=1S/C18H14F3N3O5S/c1-29-15-7-6-11(30(27,28)18(19,20)21)8-13(15)23-16(25)10-24-14-5-3-2-4-12(14)22-9-17(24)26/h2-9H,10H2,1H3,(H,23,25). The van der Waals surface area contributed by atoms with E-state index < -0.39 is 38.3 Å². The molecule has 0 unspecified atom stereocenters. The maximum Gasteiger partial charge on any atom is 0.501 e. The van der Waals surface area contributed by atoms with Gasteiger partial charge in [0.05, 0.1) is 34.9 Å². The van der Waals surface area contributed by atoms with Gasteiger partial charge >= 0.3 is 5.51 Å². The van der Waals surface area contributed by atoms with Gasteiger partial charge in [-0.1, -0.05) is 12.1 Å². The van der Waals surface area contributed by atoms with Crippen LogP contribution in [0.3, 0.4) is 0 Å². The molecular weight excluding hydrogens is 427 g/mol. The van der Waals surface area contributed by atoms with Crippen LogP contribution in [-0.2, 0) is 21.2 Å². The number of halogens is 3. The first kappa shape index (κ1) is 21.3. The van der Waals surface area contributed by atoms with E-state index in [1.165, 1.54) is 7.11 Å². The van der Waals surface area contributed by atoms with Crippen LogP contribution in [0.2, 0.25) is 0 Å².